The van der Waals surface area contributed by atoms with Crippen LogP contribution in [0.4, 0.5) is 4.39 Å². The first-order valence-electron chi connectivity index (χ1n) is 5.77. The van der Waals surface area contributed by atoms with E-state index in [2.05, 4.69) is 23.7 Å². The Morgan fingerprint density at radius 1 is 1.28 bits per heavy atom. The van der Waals surface area contributed by atoms with Crippen LogP contribution in [0.3, 0.4) is 0 Å². The Morgan fingerprint density at radius 3 is 2.78 bits per heavy atom. The van der Waals surface area contributed by atoms with E-state index in [0.717, 1.165) is 6.54 Å². The molecule has 0 unspecified atom stereocenters. The number of methoxy groups -OCH3 is 1. The van der Waals surface area contributed by atoms with Gasteiger partial charge < -0.3 is 10.1 Å². The Hall–Kier alpha value is -1.39. The first-order valence-corrected chi connectivity index (χ1v) is 6.65. The number of nitrogens with one attached hydrogen (secondary N) is 1. The SMILES string of the molecule is COc1cccc(CNCc2sccc2C)c1F. The number of hydrogen-bond acceptors (Lipinski definition) is 3. The zero-order chi connectivity index (χ0) is 13.0. The van der Waals surface area contributed by atoms with Gasteiger partial charge in [0.15, 0.2) is 11.6 Å². The summed E-state index contributed by atoms with van der Waals surface area (Å²) in [4.78, 5) is 1.29. The highest BCUT2D eigenvalue weighted by Crippen LogP contribution is 2.20. The number of halogens is 1. The molecule has 2 aromatic rings. The number of rotatable bonds is 5. The van der Waals surface area contributed by atoms with Crippen LogP contribution in [0.2, 0.25) is 0 Å². The van der Waals surface area contributed by atoms with Crippen molar-refractivity contribution in [2.45, 2.75) is 20.0 Å². The van der Waals surface area contributed by atoms with Gasteiger partial charge in [0.25, 0.3) is 0 Å². The van der Waals surface area contributed by atoms with Gasteiger partial charge in [0.05, 0.1) is 7.11 Å². The number of thiophene rings is 1. The Morgan fingerprint density at radius 2 is 2.11 bits per heavy atom. The van der Waals surface area contributed by atoms with Crippen LogP contribution in [0.5, 0.6) is 5.75 Å². The van der Waals surface area contributed by atoms with Crippen LogP contribution < -0.4 is 10.1 Å². The van der Waals surface area contributed by atoms with Crippen molar-refractivity contribution < 1.29 is 9.13 Å². The predicted octanol–water partition coefficient (Wildman–Crippen LogP) is 3.49. The molecule has 1 heterocycles. The molecule has 18 heavy (non-hydrogen) atoms. The third-order valence-electron chi connectivity index (χ3n) is 2.83. The van der Waals surface area contributed by atoms with Gasteiger partial charge in [-0.25, -0.2) is 4.39 Å². The fourth-order valence-corrected chi connectivity index (χ4v) is 2.62. The molecule has 0 saturated carbocycles. The van der Waals surface area contributed by atoms with E-state index in [0.29, 0.717) is 17.9 Å². The summed E-state index contributed by atoms with van der Waals surface area (Å²) in [6, 6.07) is 7.29. The Balaban J connectivity index is 1.96. The van der Waals surface area contributed by atoms with Crippen molar-refractivity contribution in [2.24, 2.45) is 0 Å². The first kappa shape index (κ1) is 13.1. The van der Waals surface area contributed by atoms with Crippen molar-refractivity contribution in [1.82, 2.24) is 5.32 Å². The van der Waals surface area contributed by atoms with E-state index in [1.807, 2.05) is 0 Å². The van der Waals surface area contributed by atoms with Crippen molar-refractivity contribution >= 4 is 11.3 Å². The monoisotopic (exact) mass is 265 g/mol. The van der Waals surface area contributed by atoms with Crippen molar-refractivity contribution in [3.8, 4) is 5.75 Å². The molecule has 0 spiro atoms. The molecule has 2 nitrogen and oxygen atoms in total. The third-order valence-corrected chi connectivity index (χ3v) is 3.86. The summed E-state index contributed by atoms with van der Waals surface area (Å²) in [7, 11) is 1.48. The Kier molecular flexibility index (Phi) is 4.33. The van der Waals surface area contributed by atoms with Gasteiger partial charge in [0.2, 0.25) is 0 Å². The number of benzene rings is 1. The molecule has 2 rings (SSSR count). The highest BCUT2D eigenvalue weighted by Gasteiger charge is 2.08. The van der Waals surface area contributed by atoms with Crippen LogP contribution in [-0.4, -0.2) is 7.11 Å². The molecule has 1 aromatic carbocycles. The highest BCUT2D eigenvalue weighted by atomic mass is 32.1. The minimum atomic E-state index is -0.282. The lowest BCUT2D eigenvalue weighted by Gasteiger charge is -2.08. The van der Waals surface area contributed by atoms with Crippen LogP contribution in [-0.2, 0) is 13.1 Å². The zero-order valence-corrected chi connectivity index (χ0v) is 11.3. The molecule has 0 aliphatic heterocycles. The molecule has 0 saturated heterocycles. The molecule has 4 heteroatoms. The molecule has 0 aliphatic rings. The van der Waals surface area contributed by atoms with E-state index >= 15 is 0 Å². The molecule has 1 N–H and O–H groups in total. The maximum atomic E-state index is 13.9. The molecule has 96 valence electrons. The van der Waals surface area contributed by atoms with Crippen LogP contribution in [0.1, 0.15) is 16.0 Å². The van der Waals surface area contributed by atoms with Crippen molar-refractivity contribution in [3.05, 3.63) is 51.5 Å². The lowest BCUT2D eigenvalue weighted by atomic mass is 10.2. The summed E-state index contributed by atoms with van der Waals surface area (Å²) in [5.41, 5.74) is 1.90. The molecule has 0 atom stereocenters. The Bertz CT molecular complexity index is 524. The fraction of sp³-hybridized carbons (Fsp3) is 0.286. The van der Waals surface area contributed by atoms with Crippen molar-refractivity contribution in [1.29, 1.82) is 0 Å². The standard InChI is InChI=1S/C14H16FNOS/c1-10-6-7-18-13(10)9-16-8-11-4-3-5-12(17-2)14(11)15/h3-7,16H,8-9H2,1-2H3. The summed E-state index contributed by atoms with van der Waals surface area (Å²) in [5, 5.41) is 5.32. The second-order valence-corrected chi connectivity index (χ2v) is 5.06. The Labute approximate surface area is 110 Å². The minimum absolute atomic E-state index is 0.282. The second kappa shape index (κ2) is 5.98. The molecule has 0 amide bonds. The zero-order valence-electron chi connectivity index (χ0n) is 10.5. The molecule has 0 aliphatic carbocycles. The minimum Gasteiger partial charge on any atom is -0.494 e. The van der Waals surface area contributed by atoms with Crippen LogP contribution in [0.25, 0.3) is 0 Å². The quantitative estimate of drug-likeness (QED) is 0.893. The molecular weight excluding hydrogens is 249 g/mol. The van der Waals surface area contributed by atoms with Gasteiger partial charge in [-0.05, 0) is 30.0 Å². The maximum absolute atomic E-state index is 13.9. The molecule has 0 fully saturated rings. The van der Waals surface area contributed by atoms with Crippen LogP contribution >= 0.6 is 11.3 Å². The van der Waals surface area contributed by atoms with Crippen molar-refractivity contribution in [3.63, 3.8) is 0 Å². The second-order valence-electron chi connectivity index (χ2n) is 4.06. The van der Waals surface area contributed by atoms with Gasteiger partial charge in [-0.1, -0.05) is 12.1 Å². The smallest absolute Gasteiger partial charge is 0.169 e. The topological polar surface area (TPSA) is 21.3 Å². The first-order chi connectivity index (χ1) is 8.72. The molecule has 0 bridgehead atoms. The lowest BCUT2D eigenvalue weighted by molar-refractivity contribution is 0.383. The number of aryl methyl sites for hydroxylation is 1. The summed E-state index contributed by atoms with van der Waals surface area (Å²) in [5.74, 6) is 0.0111. The van der Waals surface area contributed by atoms with Crippen molar-refractivity contribution in [2.75, 3.05) is 7.11 Å². The molecular formula is C14H16FNOS. The van der Waals surface area contributed by atoms with Gasteiger partial charge in [-0.3, -0.25) is 0 Å². The van der Waals surface area contributed by atoms with Crippen LogP contribution in [0.15, 0.2) is 29.6 Å². The predicted molar refractivity (Wildman–Crippen MR) is 72.6 cm³/mol. The van der Waals surface area contributed by atoms with Gasteiger partial charge in [-0.15, -0.1) is 11.3 Å². The lowest BCUT2D eigenvalue weighted by Crippen LogP contribution is -2.13. The molecule has 1 aromatic heterocycles. The van der Waals surface area contributed by atoms with Gasteiger partial charge in [0, 0.05) is 23.5 Å². The van der Waals surface area contributed by atoms with Gasteiger partial charge in [-0.2, -0.15) is 0 Å². The average molecular weight is 265 g/mol. The summed E-state index contributed by atoms with van der Waals surface area (Å²) in [6.07, 6.45) is 0. The normalized spacial score (nSPS) is 10.6. The number of ether oxygens (including phenoxy) is 1. The van der Waals surface area contributed by atoms with E-state index in [-0.39, 0.29) is 5.82 Å². The van der Waals surface area contributed by atoms with Gasteiger partial charge in [0.1, 0.15) is 0 Å². The van der Waals surface area contributed by atoms with E-state index in [4.69, 9.17) is 4.74 Å². The van der Waals surface area contributed by atoms with E-state index < -0.39 is 0 Å². The van der Waals surface area contributed by atoms with E-state index in [1.54, 1.807) is 29.5 Å². The maximum Gasteiger partial charge on any atom is 0.169 e. The van der Waals surface area contributed by atoms with E-state index in [1.165, 1.54) is 17.6 Å². The van der Waals surface area contributed by atoms with Crippen LogP contribution in [0, 0.1) is 12.7 Å². The summed E-state index contributed by atoms with van der Waals surface area (Å²) < 4.78 is 18.8. The summed E-state index contributed by atoms with van der Waals surface area (Å²) in [6.45, 7) is 3.35. The highest BCUT2D eigenvalue weighted by molar-refractivity contribution is 7.10. The third kappa shape index (κ3) is 2.89. The average Bonchev–Trinajstić information content (AvgIpc) is 2.77. The summed E-state index contributed by atoms with van der Waals surface area (Å²) >= 11 is 1.72. The molecule has 0 radical (unpaired) electrons. The largest absolute Gasteiger partial charge is 0.494 e. The van der Waals surface area contributed by atoms with E-state index in [9.17, 15) is 4.39 Å². The van der Waals surface area contributed by atoms with Gasteiger partial charge >= 0.3 is 0 Å². The fourth-order valence-electron chi connectivity index (χ4n) is 1.75. The number of hydrogen-bond donors (Lipinski definition) is 1.